The lowest BCUT2D eigenvalue weighted by Crippen LogP contribution is -2.09. The second-order valence-corrected chi connectivity index (χ2v) is 4.64. The Labute approximate surface area is 113 Å². The van der Waals surface area contributed by atoms with E-state index in [1.165, 1.54) is 0 Å². The van der Waals surface area contributed by atoms with E-state index in [0.717, 1.165) is 22.5 Å². The van der Waals surface area contributed by atoms with E-state index in [2.05, 4.69) is 18.3 Å². The molecular weight excluding hydrogens is 234 g/mol. The molecule has 2 aromatic rings. The van der Waals surface area contributed by atoms with Gasteiger partial charge in [-0.2, -0.15) is 5.26 Å². The fourth-order valence-electron chi connectivity index (χ4n) is 2.04. The van der Waals surface area contributed by atoms with E-state index in [4.69, 9.17) is 11.0 Å². The van der Waals surface area contributed by atoms with Gasteiger partial charge >= 0.3 is 0 Å². The Kier molecular flexibility index (Phi) is 3.72. The van der Waals surface area contributed by atoms with E-state index < -0.39 is 0 Å². The highest BCUT2D eigenvalue weighted by Crippen LogP contribution is 2.25. The van der Waals surface area contributed by atoms with Crippen LogP contribution in [0.2, 0.25) is 0 Å². The van der Waals surface area contributed by atoms with E-state index >= 15 is 0 Å². The third kappa shape index (κ3) is 2.86. The number of nitrogen functional groups attached to an aromatic ring is 1. The standard InChI is InChI=1S/C16H17N3/c1-11-4-3-5-14(10-17)16(11)19-12(2)13-6-8-15(18)9-7-13/h3-9,12,19H,18H2,1-2H3. The molecular formula is C16H17N3. The van der Waals surface area contributed by atoms with E-state index in [1.54, 1.807) is 0 Å². The van der Waals surface area contributed by atoms with Gasteiger partial charge in [0, 0.05) is 11.7 Å². The summed E-state index contributed by atoms with van der Waals surface area (Å²) in [5, 5.41) is 12.6. The zero-order chi connectivity index (χ0) is 13.8. The molecule has 1 atom stereocenters. The van der Waals surface area contributed by atoms with Crippen LogP contribution >= 0.6 is 0 Å². The number of nitrogens with zero attached hydrogens (tertiary/aromatic N) is 1. The quantitative estimate of drug-likeness (QED) is 0.819. The Balaban J connectivity index is 2.26. The first-order chi connectivity index (χ1) is 9.11. The van der Waals surface area contributed by atoms with Gasteiger partial charge in [-0.25, -0.2) is 0 Å². The Bertz CT molecular complexity index is 609. The smallest absolute Gasteiger partial charge is 0.101 e. The molecule has 0 spiro atoms. The zero-order valence-electron chi connectivity index (χ0n) is 11.1. The van der Waals surface area contributed by atoms with Gasteiger partial charge in [-0.1, -0.05) is 24.3 Å². The van der Waals surface area contributed by atoms with Crippen LogP contribution < -0.4 is 11.1 Å². The maximum Gasteiger partial charge on any atom is 0.101 e. The van der Waals surface area contributed by atoms with Gasteiger partial charge in [-0.15, -0.1) is 0 Å². The summed E-state index contributed by atoms with van der Waals surface area (Å²) in [7, 11) is 0. The predicted octanol–water partition coefficient (Wildman–Crippen LogP) is 3.62. The lowest BCUT2D eigenvalue weighted by atomic mass is 10.0. The van der Waals surface area contributed by atoms with Gasteiger partial charge in [-0.3, -0.25) is 0 Å². The van der Waals surface area contributed by atoms with Crippen molar-refractivity contribution in [1.82, 2.24) is 0 Å². The fraction of sp³-hybridized carbons (Fsp3) is 0.188. The number of hydrogen-bond donors (Lipinski definition) is 2. The Hall–Kier alpha value is -2.47. The Morgan fingerprint density at radius 3 is 2.47 bits per heavy atom. The molecule has 0 fully saturated rings. The van der Waals surface area contributed by atoms with Gasteiger partial charge in [0.15, 0.2) is 0 Å². The molecule has 2 aromatic carbocycles. The summed E-state index contributed by atoms with van der Waals surface area (Å²) >= 11 is 0. The maximum absolute atomic E-state index is 9.16. The van der Waals surface area contributed by atoms with Crippen LogP contribution in [0.1, 0.15) is 29.7 Å². The maximum atomic E-state index is 9.16. The zero-order valence-corrected chi connectivity index (χ0v) is 11.1. The van der Waals surface area contributed by atoms with E-state index in [-0.39, 0.29) is 6.04 Å². The van der Waals surface area contributed by atoms with E-state index in [0.29, 0.717) is 5.56 Å². The summed E-state index contributed by atoms with van der Waals surface area (Å²) in [5.41, 5.74) is 10.2. The van der Waals surface area contributed by atoms with Gasteiger partial charge in [-0.05, 0) is 43.2 Å². The van der Waals surface area contributed by atoms with Crippen LogP contribution in [0.3, 0.4) is 0 Å². The molecule has 3 N–H and O–H groups in total. The Morgan fingerprint density at radius 1 is 1.16 bits per heavy atom. The molecule has 2 rings (SSSR count). The number of hydrogen-bond acceptors (Lipinski definition) is 3. The second-order valence-electron chi connectivity index (χ2n) is 4.64. The van der Waals surface area contributed by atoms with Crippen molar-refractivity contribution < 1.29 is 0 Å². The molecule has 3 nitrogen and oxygen atoms in total. The number of rotatable bonds is 3. The van der Waals surface area contributed by atoms with E-state index in [9.17, 15) is 0 Å². The molecule has 0 heterocycles. The Morgan fingerprint density at radius 2 is 1.84 bits per heavy atom. The van der Waals surface area contributed by atoms with Gasteiger partial charge in [0.2, 0.25) is 0 Å². The average molecular weight is 251 g/mol. The highest BCUT2D eigenvalue weighted by atomic mass is 14.9. The monoisotopic (exact) mass is 251 g/mol. The van der Waals surface area contributed by atoms with Crippen molar-refractivity contribution in [1.29, 1.82) is 5.26 Å². The molecule has 96 valence electrons. The summed E-state index contributed by atoms with van der Waals surface area (Å²) in [6, 6.07) is 15.8. The minimum atomic E-state index is 0.119. The molecule has 0 saturated carbocycles. The lowest BCUT2D eigenvalue weighted by Gasteiger charge is -2.18. The highest BCUT2D eigenvalue weighted by molar-refractivity contribution is 5.63. The van der Waals surface area contributed by atoms with Crippen molar-refractivity contribution >= 4 is 11.4 Å². The van der Waals surface area contributed by atoms with Gasteiger partial charge < -0.3 is 11.1 Å². The minimum absolute atomic E-state index is 0.119. The minimum Gasteiger partial charge on any atom is -0.399 e. The number of nitrogens with two attached hydrogens (primary N) is 1. The van der Waals surface area contributed by atoms with Crippen molar-refractivity contribution in [3.8, 4) is 6.07 Å². The molecule has 19 heavy (non-hydrogen) atoms. The van der Waals surface area contributed by atoms with Crippen LogP contribution in [0.5, 0.6) is 0 Å². The summed E-state index contributed by atoms with van der Waals surface area (Å²) in [6.45, 7) is 4.07. The molecule has 1 unspecified atom stereocenters. The van der Waals surface area contributed by atoms with Crippen LogP contribution in [-0.2, 0) is 0 Å². The number of benzene rings is 2. The topological polar surface area (TPSA) is 61.8 Å². The normalized spacial score (nSPS) is 11.6. The van der Waals surface area contributed by atoms with Crippen molar-refractivity contribution in [2.45, 2.75) is 19.9 Å². The molecule has 0 aromatic heterocycles. The van der Waals surface area contributed by atoms with Crippen molar-refractivity contribution in [3.63, 3.8) is 0 Å². The van der Waals surface area contributed by atoms with Crippen LogP contribution in [0, 0.1) is 18.3 Å². The summed E-state index contributed by atoms with van der Waals surface area (Å²) in [4.78, 5) is 0. The van der Waals surface area contributed by atoms with Crippen LogP contribution in [0.25, 0.3) is 0 Å². The highest BCUT2D eigenvalue weighted by Gasteiger charge is 2.10. The molecule has 0 saturated heterocycles. The van der Waals surface area contributed by atoms with Crippen LogP contribution in [0.15, 0.2) is 42.5 Å². The number of nitriles is 1. The summed E-state index contributed by atoms with van der Waals surface area (Å²) < 4.78 is 0. The average Bonchev–Trinajstić information content (AvgIpc) is 2.41. The second kappa shape index (κ2) is 5.45. The SMILES string of the molecule is Cc1cccc(C#N)c1NC(C)c1ccc(N)cc1. The number of para-hydroxylation sites is 1. The van der Waals surface area contributed by atoms with E-state index in [1.807, 2.05) is 49.4 Å². The van der Waals surface area contributed by atoms with Crippen LogP contribution in [-0.4, -0.2) is 0 Å². The first-order valence-corrected chi connectivity index (χ1v) is 6.23. The lowest BCUT2D eigenvalue weighted by molar-refractivity contribution is 0.882. The van der Waals surface area contributed by atoms with Crippen LogP contribution in [0.4, 0.5) is 11.4 Å². The van der Waals surface area contributed by atoms with Gasteiger partial charge in [0.1, 0.15) is 6.07 Å². The molecule has 0 aliphatic heterocycles. The van der Waals surface area contributed by atoms with Crippen molar-refractivity contribution in [3.05, 3.63) is 59.2 Å². The first kappa shape index (κ1) is 13.0. The van der Waals surface area contributed by atoms with Crippen molar-refractivity contribution in [2.24, 2.45) is 0 Å². The molecule has 0 radical (unpaired) electrons. The fourth-order valence-corrected chi connectivity index (χ4v) is 2.04. The molecule has 0 amide bonds. The first-order valence-electron chi connectivity index (χ1n) is 6.23. The number of aryl methyl sites for hydroxylation is 1. The molecule has 0 aliphatic rings. The largest absolute Gasteiger partial charge is 0.399 e. The molecule has 3 heteroatoms. The third-order valence-corrected chi connectivity index (χ3v) is 3.19. The number of nitrogens with one attached hydrogen (secondary N) is 1. The number of anilines is 2. The summed E-state index contributed by atoms with van der Waals surface area (Å²) in [5.74, 6) is 0. The molecule has 0 bridgehead atoms. The molecule has 0 aliphatic carbocycles. The van der Waals surface area contributed by atoms with Gasteiger partial charge in [0.05, 0.1) is 11.3 Å². The van der Waals surface area contributed by atoms with Gasteiger partial charge in [0.25, 0.3) is 0 Å². The van der Waals surface area contributed by atoms with Crippen molar-refractivity contribution in [2.75, 3.05) is 11.1 Å². The summed E-state index contributed by atoms with van der Waals surface area (Å²) in [6.07, 6.45) is 0. The predicted molar refractivity (Wildman–Crippen MR) is 78.8 cm³/mol. The third-order valence-electron chi connectivity index (χ3n) is 3.19.